The Kier molecular flexibility index (Phi) is 14.0. The minimum absolute atomic E-state index is 0.0301. The molecule has 2 N–H and O–H groups in total. The van der Waals surface area contributed by atoms with Crippen molar-refractivity contribution in [3.63, 3.8) is 0 Å². The van der Waals surface area contributed by atoms with Crippen LogP contribution in [0.4, 0.5) is 0 Å². The van der Waals surface area contributed by atoms with Crippen LogP contribution >= 0.6 is 7.82 Å². The van der Waals surface area contributed by atoms with E-state index in [1.807, 2.05) is 140 Å². The smallest absolute Gasteiger partial charge is 0.485 e. The largest absolute Gasteiger partial charge is 0.530 e. The summed E-state index contributed by atoms with van der Waals surface area (Å²) in [4.78, 5) is 27.1. The number of hydrogen-bond acceptors (Lipinski definition) is 9. The summed E-state index contributed by atoms with van der Waals surface area (Å²) >= 11 is 0. The predicted octanol–water partition coefficient (Wildman–Crippen LogP) is 9.47. The van der Waals surface area contributed by atoms with Gasteiger partial charge in [-0.2, -0.15) is 0 Å². The average Bonchev–Trinajstić information content (AvgIpc) is 3.25. The van der Waals surface area contributed by atoms with Crippen molar-refractivity contribution in [1.82, 2.24) is 10.9 Å². The number of nitrogens with one attached hydrogen (secondary N) is 2. The number of aryl methyl sites for hydroxylation is 1. The molecule has 0 spiro atoms. The van der Waals surface area contributed by atoms with Crippen molar-refractivity contribution in [2.75, 3.05) is 0 Å². The maximum absolute atomic E-state index is 14.4. The van der Waals surface area contributed by atoms with Crippen molar-refractivity contribution in [2.45, 2.75) is 52.2 Å². The molecule has 0 saturated heterocycles. The monoisotopic (exact) mass is 784 g/mol. The number of hydrogen-bond donors (Lipinski definition) is 2. The number of carbonyl (C=O) groups is 2. The van der Waals surface area contributed by atoms with E-state index in [0.29, 0.717) is 11.1 Å². The van der Waals surface area contributed by atoms with Crippen LogP contribution in [-0.2, 0) is 56.0 Å². The third-order valence-electron chi connectivity index (χ3n) is 8.91. The van der Waals surface area contributed by atoms with Gasteiger partial charge in [0.2, 0.25) is 0 Å². The summed E-state index contributed by atoms with van der Waals surface area (Å²) in [7, 11) is -4.27. The zero-order valence-electron chi connectivity index (χ0n) is 31.8. The third kappa shape index (κ3) is 12.2. The van der Waals surface area contributed by atoms with Gasteiger partial charge in [-0.3, -0.25) is 19.3 Å². The summed E-state index contributed by atoms with van der Waals surface area (Å²) in [6.07, 6.45) is 0.0451. The molecule has 0 aromatic heterocycles. The molecule has 0 heterocycles. The molecule has 6 rings (SSSR count). The molecule has 6 aromatic rings. The number of phosphoric ester groups is 1. The lowest BCUT2D eigenvalue weighted by atomic mass is 9.93. The lowest BCUT2D eigenvalue weighted by molar-refractivity contribution is -0.152. The van der Waals surface area contributed by atoms with Gasteiger partial charge in [-0.15, -0.1) is 0 Å². The highest BCUT2D eigenvalue weighted by atomic mass is 31.2. The van der Waals surface area contributed by atoms with E-state index in [-0.39, 0.29) is 44.3 Å². The van der Waals surface area contributed by atoms with Gasteiger partial charge in [0.05, 0.1) is 13.2 Å². The Morgan fingerprint density at radius 3 is 1.60 bits per heavy atom. The predicted molar refractivity (Wildman–Crippen MR) is 218 cm³/mol. The molecule has 57 heavy (non-hydrogen) atoms. The molecule has 0 aliphatic heterocycles. The molecule has 0 unspecified atom stereocenters. The normalized spacial score (nSPS) is 12.2. The van der Waals surface area contributed by atoms with Crippen molar-refractivity contribution >= 4 is 19.7 Å². The van der Waals surface area contributed by atoms with Crippen molar-refractivity contribution in [3.8, 4) is 11.5 Å². The van der Waals surface area contributed by atoms with E-state index in [9.17, 15) is 14.2 Å². The van der Waals surface area contributed by atoms with Crippen LogP contribution in [0.5, 0.6) is 11.5 Å². The summed E-state index contributed by atoms with van der Waals surface area (Å²) in [5, 5.41) is 0. The second-order valence-electron chi connectivity index (χ2n) is 13.6. The maximum Gasteiger partial charge on any atom is 0.530 e. The van der Waals surface area contributed by atoms with Crippen LogP contribution in [-0.4, -0.2) is 17.4 Å². The number of benzene rings is 6. The fourth-order valence-electron chi connectivity index (χ4n) is 5.68. The molecule has 1 amide bonds. The van der Waals surface area contributed by atoms with Gasteiger partial charge in [0.1, 0.15) is 18.8 Å². The highest BCUT2D eigenvalue weighted by molar-refractivity contribution is 7.48. The minimum Gasteiger partial charge on any atom is -0.485 e. The van der Waals surface area contributed by atoms with Crippen molar-refractivity contribution in [2.24, 2.45) is 0 Å². The molecule has 1 atom stereocenters. The summed E-state index contributed by atoms with van der Waals surface area (Å²) < 4.78 is 44.5. The Labute approximate surface area is 333 Å². The molecule has 0 aliphatic carbocycles. The summed E-state index contributed by atoms with van der Waals surface area (Å²) in [6.45, 7) is 3.70. The van der Waals surface area contributed by atoms with E-state index in [1.54, 1.807) is 37.3 Å². The van der Waals surface area contributed by atoms with E-state index < -0.39 is 25.2 Å². The third-order valence-corrected chi connectivity index (χ3v) is 10.2. The first-order chi connectivity index (χ1) is 27.7. The van der Waals surface area contributed by atoms with E-state index >= 15 is 0 Å². The highest BCUT2D eigenvalue weighted by Crippen LogP contribution is 2.53. The number of rotatable bonds is 19. The first kappa shape index (κ1) is 40.6. The molecular formula is C46H45N2O8P. The van der Waals surface area contributed by atoms with E-state index in [2.05, 4.69) is 10.9 Å². The zero-order valence-corrected chi connectivity index (χ0v) is 32.7. The van der Waals surface area contributed by atoms with Gasteiger partial charge in [0.25, 0.3) is 5.91 Å². The van der Waals surface area contributed by atoms with Crippen LogP contribution in [0.2, 0.25) is 0 Å². The summed E-state index contributed by atoms with van der Waals surface area (Å²) in [5.41, 5.74) is 9.49. The van der Waals surface area contributed by atoms with E-state index in [4.69, 9.17) is 23.0 Å². The summed E-state index contributed by atoms with van der Waals surface area (Å²) in [5.74, 6) is -0.690. The Morgan fingerprint density at radius 1 is 0.579 bits per heavy atom. The van der Waals surface area contributed by atoms with Gasteiger partial charge >= 0.3 is 13.8 Å². The van der Waals surface area contributed by atoms with Gasteiger partial charge in [0, 0.05) is 12.0 Å². The molecule has 0 radical (unpaired) electrons. The molecule has 10 nitrogen and oxygen atoms in total. The molecular weight excluding hydrogens is 739 g/mol. The van der Waals surface area contributed by atoms with Crippen LogP contribution in [0.3, 0.4) is 0 Å². The molecule has 0 fully saturated rings. The number of carbonyl (C=O) groups excluding carboxylic acids is 2. The van der Waals surface area contributed by atoms with Crippen LogP contribution in [0.1, 0.15) is 50.7 Å². The van der Waals surface area contributed by atoms with Gasteiger partial charge in [-0.25, -0.2) is 14.8 Å². The van der Waals surface area contributed by atoms with E-state index in [1.165, 1.54) is 0 Å². The van der Waals surface area contributed by atoms with Gasteiger partial charge < -0.3 is 14.0 Å². The molecule has 0 bridgehead atoms. The average molecular weight is 785 g/mol. The number of amides is 1. The number of phosphoric acid groups is 1. The molecule has 6 aromatic carbocycles. The fourth-order valence-corrected chi connectivity index (χ4v) is 6.87. The Morgan fingerprint density at radius 2 is 1.07 bits per heavy atom. The topological polar surface area (TPSA) is 121 Å². The number of esters is 1. The van der Waals surface area contributed by atoms with Crippen LogP contribution in [0, 0.1) is 6.92 Å². The fraction of sp³-hybridized carbons (Fsp3) is 0.174. The Bertz CT molecular complexity index is 2190. The number of ether oxygens (including phenoxy) is 2. The number of hydrazine groups is 1. The van der Waals surface area contributed by atoms with Crippen LogP contribution in [0.15, 0.2) is 164 Å². The molecule has 11 heteroatoms. The van der Waals surface area contributed by atoms with Crippen molar-refractivity contribution < 1.29 is 37.2 Å². The SMILES string of the molecule is Cc1ccc(C(=O)NN[C@@](C)(Cc2ccc(OP(=O)(OCc3ccccc3)OCc3ccccc3)c(OCc3ccccc3)c2)C(=O)OCc2ccccc2)cc1. The maximum atomic E-state index is 14.4. The van der Waals surface area contributed by atoms with E-state index in [0.717, 1.165) is 27.8 Å². The minimum atomic E-state index is -4.27. The molecule has 0 saturated carbocycles. The second kappa shape index (κ2) is 19.7. The van der Waals surface area contributed by atoms with Gasteiger partial charge in [-0.1, -0.05) is 145 Å². The zero-order chi connectivity index (χ0) is 39.9. The quantitative estimate of drug-likeness (QED) is 0.0470. The van der Waals surface area contributed by atoms with Crippen LogP contribution in [0.25, 0.3) is 0 Å². The highest BCUT2D eigenvalue weighted by Gasteiger charge is 2.37. The van der Waals surface area contributed by atoms with Gasteiger partial charge in [0.15, 0.2) is 11.5 Å². The van der Waals surface area contributed by atoms with Crippen molar-refractivity contribution in [3.05, 3.63) is 203 Å². The Balaban J connectivity index is 1.28. The Hall–Kier alpha value is -6.03. The first-order valence-corrected chi connectivity index (χ1v) is 19.9. The lowest BCUT2D eigenvalue weighted by Gasteiger charge is -2.29. The lowest BCUT2D eigenvalue weighted by Crippen LogP contribution is -2.59. The molecule has 292 valence electrons. The second-order valence-corrected chi connectivity index (χ2v) is 15.2. The van der Waals surface area contributed by atoms with Crippen LogP contribution < -0.4 is 20.1 Å². The standard InChI is InChI=1S/C46H45N2O8P/c1-35-23-26-41(27-24-35)44(49)47-48-46(2,45(50)53-32-37-17-9-4-10-18-37)30-40-25-28-42(43(29-40)52-31-36-15-7-3-8-16-36)56-57(51,54-33-38-19-11-5-12-20-38)55-34-39-21-13-6-14-22-39/h3-29,48H,30-34H2,1-2H3,(H,47,49)/t46-/m0/s1. The summed E-state index contributed by atoms with van der Waals surface area (Å²) in [6, 6.07) is 49.6. The van der Waals surface area contributed by atoms with Gasteiger partial charge in [-0.05, 0) is 65.9 Å². The van der Waals surface area contributed by atoms with Crippen molar-refractivity contribution in [1.29, 1.82) is 0 Å². The molecule has 0 aliphatic rings. The first-order valence-electron chi connectivity index (χ1n) is 18.5.